The molecule has 0 aromatic heterocycles. The Bertz CT molecular complexity index is 788. The lowest BCUT2D eigenvalue weighted by molar-refractivity contribution is 0.351. The normalized spacial score (nSPS) is 12.3. The Morgan fingerprint density at radius 2 is 0.905 bits per heavy atom. The maximum atomic E-state index is 6.06. The third-order valence-corrected chi connectivity index (χ3v) is 9.91. The molecule has 110 valence electrons. The summed E-state index contributed by atoms with van der Waals surface area (Å²) in [6, 6.07) is 1.90. The van der Waals surface area contributed by atoms with Gasteiger partial charge in [-0.15, -0.1) is 0 Å². The van der Waals surface area contributed by atoms with E-state index < -0.39 is 0 Å². The Balaban J connectivity index is 2.30. The van der Waals surface area contributed by atoms with Crippen molar-refractivity contribution in [2.75, 3.05) is 0 Å². The number of halogens is 7. The van der Waals surface area contributed by atoms with E-state index in [4.69, 9.17) is 9.47 Å². The molecule has 21 heavy (non-hydrogen) atoms. The highest BCUT2D eigenvalue weighted by molar-refractivity contribution is 9.15. The zero-order valence-corrected chi connectivity index (χ0v) is 20.6. The smallest absolute Gasteiger partial charge is 0.186 e. The molecule has 0 amide bonds. The van der Waals surface area contributed by atoms with Crippen molar-refractivity contribution >= 4 is 112 Å². The molecule has 2 nitrogen and oxygen atoms in total. The first-order valence-electron chi connectivity index (χ1n) is 5.22. The molecule has 0 atom stereocenters. The van der Waals surface area contributed by atoms with Gasteiger partial charge in [0.1, 0.15) is 0 Å². The molecule has 0 bridgehead atoms. The third-order valence-electron chi connectivity index (χ3n) is 2.68. The van der Waals surface area contributed by atoms with Gasteiger partial charge in [-0.1, -0.05) is 0 Å². The van der Waals surface area contributed by atoms with Crippen LogP contribution in [0.5, 0.6) is 23.0 Å². The second-order valence-electron chi connectivity index (χ2n) is 3.93. The molecule has 9 heteroatoms. The topological polar surface area (TPSA) is 18.5 Å². The van der Waals surface area contributed by atoms with Gasteiger partial charge in [0, 0.05) is 4.47 Å². The van der Waals surface area contributed by atoms with Crippen LogP contribution in [0.4, 0.5) is 0 Å². The van der Waals surface area contributed by atoms with Crippen LogP contribution < -0.4 is 9.47 Å². The maximum absolute atomic E-state index is 6.06. The summed E-state index contributed by atoms with van der Waals surface area (Å²) in [6.45, 7) is 0. The number of hydrogen-bond donors (Lipinski definition) is 0. The number of ether oxygens (including phenoxy) is 2. The van der Waals surface area contributed by atoms with Crippen LogP contribution in [0.1, 0.15) is 0 Å². The molecule has 0 saturated heterocycles. The minimum atomic E-state index is 0.593. The highest BCUT2D eigenvalue weighted by Gasteiger charge is 2.31. The van der Waals surface area contributed by atoms with Gasteiger partial charge in [-0.3, -0.25) is 0 Å². The van der Waals surface area contributed by atoms with Gasteiger partial charge in [-0.05, 0) is 118 Å². The van der Waals surface area contributed by atoms with Crippen LogP contribution >= 0.6 is 112 Å². The summed E-state index contributed by atoms with van der Waals surface area (Å²) >= 11 is 24.5. The number of benzene rings is 2. The molecule has 1 heterocycles. The van der Waals surface area contributed by atoms with Crippen molar-refractivity contribution in [3.8, 4) is 23.0 Å². The van der Waals surface area contributed by atoms with Crippen molar-refractivity contribution in [3.63, 3.8) is 0 Å². The molecular formula is C12HBr7O2. The molecular weight excluding hydrogens is 735 g/mol. The Morgan fingerprint density at radius 1 is 0.476 bits per heavy atom. The lowest BCUT2D eigenvalue weighted by Crippen LogP contribution is -2.03. The first-order valence-corrected chi connectivity index (χ1v) is 10.8. The fourth-order valence-electron chi connectivity index (χ4n) is 1.72. The van der Waals surface area contributed by atoms with E-state index in [0.717, 1.165) is 31.3 Å². The first kappa shape index (κ1) is 17.2. The molecule has 2 aromatic carbocycles. The van der Waals surface area contributed by atoms with E-state index in [-0.39, 0.29) is 0 Å². The highest BCUT2D eigenvalue weighted by atomic mass is 79.9. The Kier molecular flexibility index (Phi) is 5.22. The number of rotatable bonds is 0. The largest absolute Gasteiger partial charge is 0.447 e. The van der Waals surface area contributed by atoms with E-state index in [0.29, 0.717) is 23.0 Å². The van der Waals surface area contributed by atoms with Gasteiger partial charge in [0.25, 0.3) is 0 Å². The minimum absolute atomic E-state index is 0.593. The van der Waals surface area contributed by atoms with Crippen LogP contribution in [0.2, 0.25) is 0 Å². The van der Waals surface area contributed by atoms with Crippen LogP contribution in [-0.4, -0.2) is 0 Å². The van der Waals surface area contributed by atoms with Gasteiger partial charge in [0.2, 0.25) is 0 Å². The van der Waals surface area contributed by atoms with Crippen LogP contribution in [0, 0.1) is 0 Å². The molecule has 0 radical (unpaired) electrons. The molecule has 3 rings (SSSR count). The number of hydrogen-bond acceptors (Lipinski definition) is 2. The standard InChI is InChI=1S/C12HBr7O2/c13-2-1-3(14)9-10(4(2)15)21-12-8(19)6(17)5(16)7(18)11(12)20-9/h1H. The first-order chi connectivity index (χ1) is 9.82. The van der Waals surface area contributed by atoms with Gasteiger partial charge < -0.3 is 9.47 Å². The summed E-state index contributed by atoms with van der Waals surface area (Å²) < 4.78 is 17.8. The third kappa shape index (κ3) is 2.82. The van der Waals surface area contributed by atoms with E-state index >= 15 is 0 Å². The average Bonchev–Trinajstić information content (AvgIpc) is 2.47. The zero-order chi connectivity index (χ0) is 15.5. The minimum Gasteiger partial charge on any atom is -0.447 e. The fourth-order valence-corrected chi connectivity index (χ4v) is 5.51. The molecule has 2 aromatic rings. The molecule has 0 fully saturated rings. The molecule has 0 spiro atoms. The van der Waals surface area contributed by atoms with Gasteiger partial charge in [0.15, 0.2) is 23.0 Å². The van der Waals surface area contributed by atoms with E-state index in [1.54, 1.807) is 0 Å². The Labute approximate surface area is 179 Å². The summed E-state index contributed by atoms with van der Waals surface area (Å²) in [5, 5.41) is 0. The van der Waals surface area contributed by atoms with Gasteiger partial charge >= 0.3 is 0 Å². The van der Waals surface area contributed by atoms with Gasteiger partial charge in [0.05, 0.1) is 26.8 Å². The molecule has 0 aliphatic carbocycles. The molecule has 0 saturated carbocycles. The SMILES string of the molecule is Brc1cc(Br)c2c(c1Br)Oc1c(Br)c(Br)c(Br)c(Br)c1O2. The predicted octanol–water partition coefficient (Wildman–Crippen LogP) is 8.92. The maximum Gasteiger partial charge on any atom is 0.186 e. The monoisotopic (exact) mass is 729 g/mol. The van der Waals surface area contributed by atoms with Gasteiger partial charge in [-0.2, -0.15) is 0 Å². The fraction of sp³-hybridized carbons (Fsp3) is 0. The van der Waals surface area contributed by atoms with Crippen LogP contribution in [0.25, 0.3) is 0 Å². The summed E-state index contributed by atoms with van der Waals surface area (Å²) in [4.78, 5) is 0. The predicted molar refractivity (Wildman–Crippen MR) is 107 cm³/mol. The van der Waals surface area contributed by atoms with Gasteiger partial charge in [-0.25, -0.2) is 0 Å². The highest BCUT2D eigenvalue weighted by Crippen LogP contribution is 2.60. The van der Waals surface area contributed by atoms with Crippen molar-refractivity contribution < 1.29 is 9.47 Å². The van der Waals surface area contributed by atoms with E-state index in [2.05, 4.69) is 112 Å². The summed E-state index contributed by atoms with van der Waals surface area (Å²) in [5.74, 6) is 2.40. The Hall–Kier alpha value is 1.40. The molecule has 0 unspecified atom stereocenters. The number of fused-ring (bicyclic) bond motifs is 2. The van der Waals surface area contributed by atoms with E-state index in [1.165, 1.54) is 0 Å². The molecule has 0 N–H and O–H groups in total. The van der Waals surface area contributed by atoms with Crippen molar-refractivity contribution in [3.05, 3.63) is 37.4 Å². The Morgan fingerprint density at radius 3 is 1.43 bits per heavy atom. The summed E-state index contributed by atoms with van der Waals surface area (Å²) in [7, 11) is 0. The second kappa shape index (κ2) is 6.37. The van der Waals surface area contributed by atoms with Crippen LogP contribution in [0.3, 0.4) is 0 Å². The van der Waals surface area contributed by atoms with Crippen molar-refractivity contribution in [1.82, 2.24) is 0 Å². The zero-order valence-electron chi connectivity index (χ0n) is 9.54. The average molecular weight is 736 g/mol. The summed E-state index contributed by atoms with van der Waals surface area (Å²) in [6.07, 6.45) is 0. The quantitative estimate of drug-likeness (QED) is 0.170. The van der Waals surface area contributed by atoms with Crippen molar-refractivity contribution in [1.29, 1.82) is 0 Å². The van der Waals surface area contributed by atoms with Crippen LogP contribution in [0.15, 0.2) is 37.4 Å². The van der Waals surface area contributed by atoms with Crippen molar-refractivity contribution in [2.45, 2.75) is 0 Å². The van der Waals surface area contributed by atoms with E-state index in [1.807, 2.05) is 6.07 Å². The summed E-state index contributed by atoms with van der Waals surface area (Å²) in [5.41, 5.74) is 0. The lowest BCUT2D eigenvalue weighted by atomic mass is 10.2. The van der Waals surface area contributed by atoms with Crippen LogP contribution in [-0.2, 0) is 0 Å². The lowest BCUT2D eigenvalue weighted by Gasteiger charge is -2.26. The second-order valence-corrected chi connectivity index (χ2v) is 9.60. The molecule has 1 aliphatic heterocycles. The van der Waals surface area contributed by atoms with E-state index in [9.17, 15) is 0 Å². The molecule has 1 aliphatic rings. The van der Waals surface area contributed by atoms with Crippen molar-refractivity contribution in [2.24, 2.45) is 0 Å².